The molecule has 1 fully saturated rings. The molecule has 0 aromatic carbocycles. The van der Waals surface area contributed by atoms with Crippen molar-refractivity contribution in [3.8, 4) is 0 Å². The summed E-state index contributed by atoms with van der Waals surface area (Å²) in [5.74, 6) is 0.756. The topological polar surface area (TPSA) is 0 Å². The molecule has 1 aromatic heterocycles. The van der Waals surface area contributed by atoms with Crippen LogP contribution in [-0.4, -0.2) is 5.38 Å². The summed E-state index contributed by atoms with van der Waals surface area (Å²) in [5.41, 5.74) is 0. The maximum absolute atomic E-state index is 6.07. The van der Waals surface area contributed by atoms with Gasteiger partial charge in [0.1, 0.15) is 0 Å². The molecule has 1 aliphatic rings. The zero-order valence-corrected chi connectivity index (χ0v) is 8.79. The van der Waals surface area contributed by atoms with Crippen LogP contribution in [0.25, 0.3) is 0 Å². The van der Waals surface area contributed by atoms with E-state index in [4.69, 9.17) is 11.6 Å². The van der Waals surface area contributed by atoms with Crippen molar-refractivity contribution >= 4 is 22.9 Å². The molecule has 2 unspecified atom stereocenters. The third-order valence-corrected chi connectivity index (χ3v) is 4.09. The molecule has 1 saturated carbocycles. The molecule has 2 heteroatoms. The number of rotatable bonds is 1. The average molecular weight is 201 g/mol. The van der Waals surface area contributed by atoms with Crippen LogP contribution >= 0.6 is 22.9 Å². The van der Waals surface area contributed by atoms with Crippen LogP contribution in [0.3, 0.4) is 0 Å². The third-order valence-electron chi connectivity index (χ3n) is 2.53. The Morgan fingerprint density at radius 2 is 2.25 bits per heavy atom. The lowest BCUT2D eigenvalue weighted by molar-refractivity contribution is 0.739. The zero-order chi connectivity index (χ0) is 8.55. The largest absolute Gasteiger partial charge is 0.145 e. The molecule has 0 aliphatic heterocycles. The minimum atomic E-state index is 0.428. The molecular weight excluding hydrogens is 188 g/mol. The van der Waals surface area contributed by atoms with E-state index in [-0.39, 0.29) is 0 Å². The maximum Gasteiger partial charge on any atom is 0.0342 e. The van der Waals surface area contributed by atoms with Crippen LogP contribution in [0, 0.1) is 6.92 Å². The van der Waals surface area contributed by atoms with E-state index in [1.165, 1.54) is 29.0 Å². The van der Waals surface area contributed by atoms with Crippen molar-refractivity contribution in [3.63, 3.8) is 0 Å². The SMILES string of the molecule is Cc1ccc(C2CCC(Cl)C2)s1. The number of thiophene rings is 1. The lowest BCUT2D eigenvalue weighted by Crippen LogP contribution is -1.90. The fraction of sp³-hybridized carbons (Fsp3) is 0.600. The molecule has 2 atom stereocenters. The van der Waals surface area contributed by atoms with Gasteiger partial charge < -0.3 is 0 Å². The second-order valence-corrected chi connectivity index (χ2v) is 5.49. The minimum absolute atomic E-state index is 0.428. The van der Waals surface area contributed by atoms with E-state index in [1.54, 1.807) is 0 Å². The second-order valence-electron chi connectivity index (χ2n) is 3.56. The van der Waals surface area contributed by atoms with Crippen molar-refractivity contribution in [1.82, 2.24) is 0 Å². The standard InChI is InChI=1S/C10H13ClS/c1-7-2-5-10(12-7)8-3-4-9(11)6-8/h2,5,8-9H,3-4,6H2,1H3. The van der Waals surface area contributed by atoms with Crippen molar-refractivity contribution in [1.29, 1.82) is 0 Å². The van der Waals surface area contributed by atoms with Gasteiger partial charge in [0.25, 0.3) is 0 Å². The lowest BCUT2D eigenvalue weighted by Gasteiger charge is -2.04. The van der Waals surface area contributed by atoms with E-state index < -0.39 is 0 Å². The van der Waals surface area contributed by atoms with Crippen molar-refractivity contribution in [3.05, 3.63) is 21.9 Å². The summed E-state index contributed by atoms with van der Waals surface area (Å²) in [5, 5.41) is 0.428. The second kappa shape index (κ2) is 3.39. The van der Waals surface area contributed by atoms with Gasteiger partial charge in [0.15, 0.2) is 0 Å². The van der Waals surface area contributed by atoms with E-state index in [9.17, 15) is 0 Å². The summed E-state index contributed by atoms with van der Waals surface area (Å²) in [6.07, 6.45) is 3.67. The summed E-state index contributed by atoms with van der Waals surface area (Å²) < 4.78 is 0. The fourth-order valence-electron chi connectivity index (χ4n) is 1.86. The van der Waals surface area contributed by atoms with E-state index in [2.05, 4.69) is 19.1 Å². The molecule has 1 aromatic rings. The first kappa shape index (κ1) is 8.58. The van der Waals surface area contributed by atoms with Crippen molar-refractivity contribution in [2.75, 3.05) is 0 Å². The Morgan fingerprint density at radius 1 is 1.42 bits per heavy atom. The van der Waals surface area contributed by atoms with E-state index >= 15 is 0 Å². The fourth-order valence-corrected chi connectivity index (χ4v) is 3.22. The Labute approximate surface area is 82.6 Å². The highest BCUT2D eigenvalue weighted by Gasteiger charge is 2.24. The molecule has 0 spiro atoms. The quantitative estimate of drug-likeness (QED) is 0.603. The van der Waals surface area contributed by atoms with Crippen LogP contribution in [0.5, 0.6) is 0 Å². The molecular formula is C10H13ClS. The third kappa shape index (κ3) is 1.67. The highest BCUT2D eigenvalue weighted by molar-refractivity contribution is 7.12. The Morgan fingerprint density at radius 3 is 2.75 bits per heavy atom. The Balaban J connectivity index is 2.11. The van der Waals surface area contributed by atoms with Gasteiger partial charge in [0.2, 0.25) is 0 Å². The average Bonchev–Trinajstić information content (AvgIpc) is 2.58. The van der Waals surface area contributed by atoms with Crippen molar-refractivity contribution in [2.45, 2.75) is 37.5 Å². The summed E-state index contributed by atoms with van der Waals surface area (Å²) in [6, 6.07) is 4.47. The van der Waals surface area contributed by atoms with Gasteiger partial charge in [-0.2, -0.15) is 0 Å². The zero-order valence-electron chi connectivity index (χ0n) is 7.22. The Hall–Kier alpha value is -0.0100. The van der Waals surface area contributed by atoms with E-state index in [1.807, 2.05) is 11.3 Å². The van der Waals surface area contributed by atoms with Crippen molar-refractivity contribution in [2.24, 2.45) is 0 Å². The Kier molecular flexibility index (Phi) is 2.42. The predicted octanol–water partition coefficient (Wildman–Crippen LogP) is 3.93. The molecule has 2 rings (SSSR count). The first-order valence-corrected chi connectivity index (χ1v) is 5.71. The number of halogens is 1. The van der Waals surface area contributed by atoms with Gasteiger partial charge in [-0.1, -0.05) is 0 Å². The van der Waals surface area contributed by atoms with Crippen LogP contribution in [-0.2, 0) is 0 Å². The molecule has 1 aliphatic carbocycles. The highest BCUT2D eigenvalue weighted by Crippen LogP contribution is 2.39. The first-order chi connectivity index (χ1) is 5.75. The van der Waals surface area contributed by atoms with Gasteiger partial charge >= 0.3 is 0 Å². The monoisotopic (exact) mass is 200 g/mol. The molecule has 66 valence electrons. The molecule has 0 bridgehead atoms. The molecule has 1 heterocycles. The van der Waals surface area contributed by atoms with Gasteiger partial charge in [-0.05, 0) is 44.2 Å². The summed E-state index contributed by atoms with van der Waals surface area (Å²) in [7, 11) is 0. The predicted molar refractivity (Wildman–Crippen MR) is 55.3 cm³/mol. The Bertz CT molecular complexity index is 267. The summed E-state index contributed by atoms with van der Waals surface area (Å²) in [4.78, 5) is 2.96. The van der Waals surface area contributed by atoms with Gasteiger partial charge in [-0.3, -0.25) is 0 Å². The molecule has 12 heavy (non-hydrogen) atoms. The number of alkyl halides is 1. The molecule has 0 nitrogen and oxygen atoms in total. The molecule has 0 N–H and O–H groups in total. The van der Waals surface area contributed by atoms with Crippen LogP contribution in [0.4, 0.5) is 0 Å². The maximum atomic E-state index is 6.07. The van der Waals surface area contributed by atoms with Crippen LogP contribution in [0.15, 0.2) is 12.1 Å². The van der Waals surface area contributed by atoms with E-state index in [0.717, 1.165) is 5.92 Å². The number of hydrogen-bond acceptors (Lipinski definition) is 1. The normalized spacial score (nSPS) is 29.5. The van der Waals surface area contributed by atoms with Crippen LogP contribution < -0.4 is 0 Å². The van der Waals surface area contributed by atoms with Crippen LogP contribution in [0.2, 0.25) is 0 Å². The lowest BCUT2D eigenvalue weighted by atomic mass is 10.1. The number of aryl methyl sites for hydroxylation is 1. The van der Waals surface area contributed by atoms with Gasteiger partial charge in [-0.25, -0.2) is 0 Å². The van der Waals surface area contributed by atoms with Crippen LogP contribution in [0.1, 0.15) is 34.9 Å². The van der Waals surface area contributed by atoms with Gasteiger partial charge in [-0.15, -0.1) is 22.9 Å². The molecule has 0 radical (unpaired) electrons. The van der Waals surface area contributed by atoms with Gasteiger partial charge in [0, 0.05) is 15.1 Å². The van der Waals surface area contributed by atoms with E-state index in [0.29, 0.717) is 5.38 Å². The highest BCUT2D eigenvalue weighted by atomic mass is 35.5. The minimum Gasteiger partial charge on any atom is -0.145 e. The molecule has 0 saturated heterocycles. The molecule has 0 amide bonds. The number of hydrogen-bond donors (Lipinski definition) is 0. The summed E-state index contributed by atoms with van der Waals surface area (Å²) >= 11 is 8.00. The first-order valence-electron chi connectivity index (χ1n) is 4.46. The van der Waals surface area contributed by atoms with Crippen molar-refractivity contribution < 1.29 is 0 Å². The summed E-state index contributed by atoms with van der Waals surface area (Å²) in [6.45, 7) is 2.17. The smallest absolute Gasteiger partial charge is 0.0342 e. The van der Waals surface area contributed by atoms with Gasteiger partial charge in [0.05, 0.1) is 0 Å².